The minimum atomic E-state index is -4.50. The summed E-state index contributed by atoms with van der Waals surface area (Å²) >= 11 is 0. The van der Waals surface area contributed by atoms with E-state index in [9.17, 15) is 18.0 Å². The van der Waals surface area contributed by atoms with E-state index < -0.39 is 17.6 Å². The fourth-order valence-electron chi connectivity index (χ4n) is 3.89. The minimum Gasteiger partial charge on any atom is -0.381 e. The van der Waals surface area contributed by atoms with Crippen LogP contribution in [-0.4, -0.2) is 29.6 Å². The molecule has 1 aromatic heterocycles. The second kappa shape index (κ2) is 10.3. The lowest BCUT2D eigenvalue weighted by molar-refractivity contribution is -0.138. The molecule has 0 fully saturated rings. The van der Waals surface area contributed by atoms with Crippen molar-refractivity contribution in [1.29, 1.82) is 0 Å². The van der Waals surface area contributed by atoms with Crippen molar-refractivity contribution in [1.82, 2.24) is 9.97 Å². The molecule has 0 spiro atoms. The number of carbonyl (C=O) groups excluding carboxylic acids is 1. The number of aryl methyl sites for hydroxylation is 1. The normalized spacial score (nSPS) is 11.8. The number of hydrogen-bond acceptors (Lipinski definition) is 4. The number of rotatable bonds is 6. The molecule has 3 aromatic carbocycles. The van der Waals surface area contributed by atoms with Crippen LogP contribution in [0.5, 0.6) is 0 Å². The Morgan fingerprint density at radius 3 is 2.64 bits per heavy atom. The Kier molecular flexibility index (Phi) is 7.17. The number of aromatic nitrogens is 2. The molecule has 36 heavy (non-hydrogen) atoms. The Morgan fingerprint density at radius 2 is 1.89 bits per heavy atom. The number of benzene rings is 3. The van der Waals surface area contributed by atoms with Gasteiger partial charge in [-0.3, -0.25) is 4.79 Å². The number of nitrogens with zero attached hydrogens (tertiary/aromatic N) is 2. The second-order valence-electron chi connectivity index (χ2n) is 8.32. The predicted molar refractivity (Wildman–Crippen MR) is 135 cm³/mol. The molecule has 0 atom stereocenters. The molecule has 0 unspecified atom stereocenters. The van der Waals surface area contributed by atoms with Crippen LogP contribution in [0, 0.1) is 13.8 Å². The lowest BCUT2D eigenvalue weighted by Crippen LogP contribution is -2.15. The lowest BCUT2D eigenvalue weighted by Gasteiger charge is -2.15. The first-order chi connectivity index (χ1) is 17.2. The quantitative estimate of drug-likeness (QED) is 0.321. The zero-order valence-corrected chi connectivity index (χ0v) is 20.0. The Hall–Kier alpha value is -4.04. The van der Waals surface area contributed by atoms with Gasteiger partial charge in [0, 0.05) is 29.9 Å². The molecule has 0 aliphatic carbocycles. The van der Waals surface area contributed by atoms with E-state index in [0.29, 0.717) is 18.0 Å². The van der Waals surface area contributed by atoms with Crippen LogP contribution in [0.25, 0.3) is 28.1 Å². The number of alkyl halides is 3. The van der Waals surface area contributed by atoms with Gasteiger partial charge in [0.15, 0.2) is 5.82 Å². The van der Waals surface area contributed by atoms with Gasteiger partial charge in [0.05, 0.1) is 17.7 Å². The van der Waals surface area contributed by atoms with Crippen LogP contribution in [0.1, 0.15) is 32.9 Å². The van der Waals surface area contributed by atoms with E-state index in [-0.39, 0.29) is 11.3 Å². The van der Waals surface area contributed by atoms with Gasteiger partial charge in [-0.05, 0) is 78.6 Å². The van der Waals surface area contributed by atoms with Crippen LogP contribution < -0.4 is 5.32 Å². The van der Waals surface area contributed by atoms with Crippen molar-refractivity contribution in [3.8, 4) is 11.1 Å². The second-order valence-corrected chi connectivity index (χ2v) is 8.32. The Balaban J connectivity index is 1.62. The van der Waals surface area contributed by atoms with Gasteiger partial charge < -0.3 is 10.1 Å². The van der Waals surface area contributed by atoms with Gasteiger partial charge in [-0.2, -0.15) is 13.2 Å². The summed E-state index contributed by atoms with van der Waals surface area (Å²) in [7, 11) is 1.61. The highest BCUT2D eigenvalue weighted by Crippen LogP contribution is 2.35. The molecule has 1 amide bonds. The highest BCUT2D eigenvalue weighted by molar-refractivity contribution is 6.05. The van der Waals surface area contributed by atoms with Gasteiger partial charge in [0.2, 0.25) is 0 Å². The molecule has 1 heterocycles. The summed E-state index contributed by atoms with van der Waals surface area (Å²) < 4.78 is 44.7. The van der Waals surface area contributed by atoms with Crippen molar-refractivity contribution in [2.24, 2.45) is 0 Å². The van der Waals surface area contributed by atoms with Crippen molar-refractivity contribution >= 4 is 28.6 Å². The van der Waals surface area contributed by atoms with Gasteiger partial charge >= 0.3 is 6.18 Å². The molecule has 0 radical (unpaired) electrons. The zero-order chi connectivity index (χ0) is 25.9. The topological polar surface area (TPSA) is 64.1 Å². The minimum absolute atomic E-state index is 0.0309. The van der Waals surface area contributed by atoms with E-state index in [1.807, 2.05) is 37.3 Å². The number of fused-ring (bicyclic) bond motifs is 1. The summed E-state index contributed by atoms with van der Waals surface area (Å²) in [6.07, 6.45) is 0.856. The summed E-state index contributed by atoms with van der Waals surface area (Å²) in [5.41, 5.74) is 3.07. The summed E-state index contributed by atoms with van der Waals surface area (Å²) in [6, 6.07) is 14.7. The number of ether oxygens (including phenoxy) is 1. The third-order valence-electron chi connectivity index (χ3n) is 5.83. The van der Waals surface area contributed by atoms with Crippen LogP contribution in [0.4, 0.5) is 18.9 Å². The smallest absolute Gasteiger partial charge is 0.381 e. The maximum absolute atomic E-state index is 13.2. The number of amides is 1. The Morgan fingerprint density at radius 1 is 1.08 bits per heavy atom. The Labute approximate surface area is 206 Å². The third kappa shape index (κ3) is 5.44. The molecule has 0 bridgehead atoms. The SMILES string of the molecule is COC/C=C/c1ncc2cc(-c3cc(C(=O)Nc4cccc(C(F)(F)F)c4C)ccc3C)ccc2n1. The lowest BCUT2D eigenvalue weighted by atomic mass is 9.96. The number of hydrogen-bond donors (Lipinski definition) is 1. The first-order valence-electron chi connectivity index (χ1n) is 11.2. The summed E-state index contributed by atoms with van der Waals surface area (Å²) in [4.78, 5) is 21.8. The largest absolute Gasteiger partial charge is 0.416 e. The van der Waals surface area contributed by atoms with Crippen LogP contribution in [0.2, 0.25) is 0 Å². The van der Waals surface area contributed by atoms with E-state index in [1.165, 1.54) is 19.1 Å². The molecule has 0 aliphatic rings. The van der Waals surface area contributed by atoms with Crippen LogP contribution in [0.3, 0.4) is 0 Å². The molecule has 5 nitrogen and oxygen atoms in total. The van der Waals surface area contributed by atoms with Crippen molar-refractivity contribution in [2.75, 3.05) is 19.0 Å². The summed E-state index contributed by atoms with van der Waals surface area (Å²) in [6.45, 7) is 3.74. The van der Waals surface area contributed by atoms with Crippen molar-refractivity contribution in [3.63, 3.8) is 0 Å². The van der Waals surface area contributed by atoms with Crippen molar-refractivity contribution < 1.29 is 22.7 Å². The first-order valence-corrected chi connectivity index (χ1v) is 11.2. The molecule has 8 heteroatoms. The summed E-state index contributed by atoms with van der Waals surface area (Å²) in [5, 5.41) is 3.46. The fourth-order valence-corrected chi connectivity index (χ4v) is 3.89. The van der Waals surface area contributed by atoms with Gasteiger partial charge in [-0.1, -0.05) is 24.3 Å². The van der Waals surface area contributed by atoms with Crippen molar-refractivity contribution in [2.45, 2.75) is 20.0 Å². The molecule has 0 saturated heterocycles. The van der Waals surface area contributed by atoms with E-state index >= 15 is 0 Å². The van der Waals surface area contributed by atoms with Gasteiger partial charge in [0.25, 0.3) is 5.91 Å². The third-order valence-corrected chi connectivity index (χ3v) is 5.83. The first kappa shape index (κ1) is 25.1. The molecule has 1 N–H and O–H groups in total. The zero-order valence-electron chi connectivity index (χ0n) is 20.0. The van der Waals surface area contributed by atoms with E-state index in [1.54, 1.807) is 31.5 Å². The Bertz CT molecular complexity index is 1460. The van der Waals surface area contributed by atoms with Gasteiger partial charge in [0.1, 0.15) is 0 Å². The average Bonchev–Trinajstić information content (AvgIpc) is 2.84. The average molecular weight is 492 g/mol. The van der Waals surface area contributed by atoms with E-state index in [2.05, 4.69) is 15.3 Å². The molecular formula is C28H24F3N3O2. The van der Waals surface area contributed by atoms with Crippen LogP contribution in [0.15, 0.2) is 66.9 Å². The highest BCUT2D eigenvalue weighted by Gasteiger charge is 2.33. The van der Waals surface area contributed by atoms with Gasteiger partial charge in [-0.15, -0.1) is 0 Å². The molecule has 4 aromatic rings. The predicted octanol–water partition coefficient (Wildman–Crippen LogP) is 6.84. The highest BCUT2D eigenvalue weighted by atomic mass is 19.4. The van der Waals surface area contributed by atoms with E-state index in [0.717, 1.165) is 33.7 Å². The molecule has 4 rings (SSSR count). The number of carbonyl (C=O) groups is 1. The monoisotopic (exact) mass is 491 g/mol. The number of halogens is 3. The number of anilines is 1. The van der Waals surface area contributed by atoms with E-state index in [4.69, 9.17) is 4.74 Å². The number of nitrogens with one attached hydrogen (secondary N) is 1. The standard InChI is InChI=1S/C28H24F3N3O2/c1-17-9-10-20(27(35)34-24-7-4-6-23(18(24)2)28(29,30)31)15-22(17)19-11-12-25-21(14-19)16-32-26(33-25)8-5-13-36-3/h4-12,14-16H,13H2,1-3H3,(H,34,35)/b8-5+. The molecule has 0 saturated carbocycles. The molecule has 184 valence electrons. The fraction of sp³-hybridized carbons (Fsp3) is 0.179. The maximum atomic E-state index is 13.2. The molecule has 0 aliphatic heterocycles. The van der Waals surface area contributed by atoms with Crippen LogP contribution in [-0.2, 0) is 10.9 Å². The molecular weight excluding hydrogens is 467 g/mol. The number of methoxy groups -OCH3 is 1. The van der Waals surface area contributed by atoms with Crippen LogP contribution >= 0.6 is 0 Å². The van der Waals surface area contributed by atoms with Gasteiger partial charge in [-0.25, -0.2) is 9.97 Å². The maximum Gasteiger partial charge on any atom is 0.416 e. The summed E-state index contributed by atoms with van der Waals surface area (Å²) in [5.74, 6) is 0.0855. The van der Waals surface area contributed by atoms with Crippen molar-refractivity contribution in [3.05, 3.63) is 94.9 Å².